The Morgan fingerprint density at radius 3 is 2.75 bits per heavy atom. The van der Waals surface area contributed by atoms with Gasteiger partial charge in [0.15, 0.2) is 0 Å². The second-order valence-electron chi connectivity index (χ2n) is 3.46. The van der Waals surface area contributed by atoms with Gasteiger partial charge in [-0.2, -0.15) is 5.26 Å². The summed E-state index contributed by atoms with van der Waals surface area (Å²) in [5.74, 6) is 0. The maximum Gasteiger partial charge on any atom is 0.0683 e. The lowest BCUT2D eigenvalue weighted by Crippen LogP contribution is -2.09. The van der Waals surface area contributed by atoms with E-state index in [1.807, 2.05) is 13.8 Å². The van der Waals surface area contributed by atoms with Crippen LogP contribution in [0.5, 0.6) is 0 Å². The van der Waals surface area contributed by atoms with E-state index in [4.69, 9.17) is 10.00 Å². The van der Waals surface area contributed by atoms with Crippen LogP contribution in [0, 0.1) is 16.7 Å². The molecule has 0 aliphatic rings. The Kier molecular flexibility index (Phi) is 5.40. The van der Waals surface area contributed by atoms with E-state index in [2.05, 4.69) is 12.6 Å². The Morgan fingerprint density at radius 2 is 2.25 bits per heavy atom. The summed E-state index contributed by atoms with van der Waals surface area (Å²) < 4.78 is 5.20. The van der Waals surface area contributed by atoms with Crippen molar-refractivity contribution in [3.05, 3.63) is 12.7 Å². The van der Waals surface area contributed by atoms with Gasteiger partial charge in [-0.1, -0.05) is 6.08 Å². The topological polar surface area (TPSA) is 33.0 Å². The summed E-state index contributed by atoms with van der Waals surface area (Å²) in [6.45, 7) is 8.76. The minimum absolute atomic E-state index is 0.211. The monoisotopic (exact) mass is 167 g/mol. The molecular formula is C10H17NO. The first-order chi connectivity index (χ1) is 5.62. The van der Waals surface area contributed by atoms with Gasteiger partial charge in [-0.3, -0.25) is 0 Å². The summed E-state index contributed by atoms with van der Waals surface area (Å²) in [5, 5.41) is 8.69. The molecule has 0 radical (unpaired) electrons. The Labute approximate surface area is 74.8 Å². The molecule has 0 amide bonds. The molecule has 0 N–H and O–H groups in total. The van der Waals surface area contributed by atoms with E-state index in [-0.39, 0.29) is 5.41 Å². The standard InChI is InChI=1S/C10H17NO/c1-4-7-12-8-5-6-10(2,3)9-11/h4H,1,5-8H2,2-3H3. The molecule has 2 nitrogen and oxygen atoms in total. The highest BCUT2D eigenvalue weighted by Gasteiger charge is 2.15. The Balaban J connectivity index is 3.32. The van der Waals surface area contributed by atoms with Crippen LogP contribution in [0.3, 0.4) is 0 Å². The second-order valence-corrected chi connectivity index (χ2v) is 3.46. The Bertz CT molecular complexity index is 167. The van der Waals surface area contributed by atoms with Crippen molar-refractivity contribution in [2.75, 3.05) is 13.2 Å². The molecule has 2 heteroatoms. The van der Waals surface area contributed by atoms with Crippen molar-refractivity contribution in [1.29, 1.82) is 5.26 Å². The highest BCUT2D eigenvalue weighted by molar-refractivity contribution is 4.91. The zero-order valence-corrected chi connectivity index (χ0v) is 7.97. The van der Waals surface area contributed by atoms with Crippen molar-refractivity contribution < 1.29 is 4.74 Å². The van der Waals surface area contributed by atoms with Crippen molar-refractivity contribution >= 4 is 0 Å². The normalized spacial score (nSPS) is 10.8. The Morgan fingerprint density at radius 1 is 1.58 bits per heavy atom. The molecule has 0 spiro atoms. The summed E-state index contributed by atoms with van der Waals surface area (Å²) in [4.78, 5) is 0. The van der Waals surface area contributed by atoms with Crippen LogP contribution in [-0.4, -0.2) is 13.2 Å². The van der Waals surface area contributed by atoms with Crippen molar-refractivity contribution in [1.82, 2.24) is 0 Å². The van der Waals surface area contributed by atoms with Crippen molar-refractivity contribution in [3.8, 4) is 6.07 Å². The fraction of sp³-hybridized carbons (Fsp3) is 0.700. The second kappa shape index (κ2) is 5.79. The molecule has 0 saturated heterocycles. The largest absolute Gasteiger partial charge is 0.377 e. The highest BCUT2D eigenvalue weighted by atomic mass is 16.5. The van der Waals surface area contributed by atoms with E-state index in [1.54, 1.807) is 6.08 Å². The van der Waals surface area contributed by atoms with Crippen LogP contribution in [0.1, 0.15) is 26.7 Å². The minimum Gasteiger partial charge on any atom is -0.377 e. The fourth-order valence-electron chi connectivity index (χ4n) is 0.839. The number of ether oxygens (including phenoxy) is 1. The van der Waals surface area contributed by atoms with Crippen molar-refractivity contribution in [2.24, 2.45) is 5.41 Å². The smallest absolute Gasteiger partial charge is 0.0683 e. The predicted octanol–water partition coefficient (Wildman–Crippen LogP) is 2.52. The summed E-state index contributed by atoms with van der Waals surface area (Å²) >= 11 is 0. The van der Waals surface area contributed by atoms with Crippen LogP contribution in [0.15, 0.2) is 12.7 Å². The highest BCUT2D eigenvalue weighted by Crippen LogP contribution is 2.20. The van der Waals surface area contributed by atoms with Gasteiger partial charge in [-0.25, -0.2) is 0 Å². The zero-order valence-electron chi connectivity index (χ0n) is 7.97. The molecule has 12 heavy (non-hydrogen) atoms. The summed E-state index contributed by atoms with van der Waals surface area (Å²) in [6.07, 6.45) is 3.56. The third-order valence-corrected chi connectivity index (χ3v) is 1.63. The maximum absolute atomic E-state index is 8.69. The van der Waals surface area contributed by atoms with Crippen molar-refractivity contribution in [3.63, 3.8) is 0 Å². The third kappa shape index (κ3) is 5.94. The number of hydrogen-bond donors (Lipinski definition) is 0. The molecule has 0 aromatic carbocycles. The molecule has 0 atom stereocenters. The van der Waals surface area contributed by atoms with Gasteiger partial charge in [-0.15, -0.1) is 6.58 Å². The van der Waals surface area contributed by atoms with Gasteiger partial charge in [0, 0.05) is 6.61 Å². The van der Waals surface area contributed by atoms with Gasteiger partial charge in [0.2, 0.25) is 0 Å². The molecule has 0 fully saturated rings. The molecule has 0 saturated carbocycles. The average molecular weight is 167 g/mol. The van der Waals surface area contributed by atoms with Gasteiger partial charge in [-0.05, 0) is 26.7 Å². The molecule has 0 rings (SSSR count). The van der Waals surface area contributed by atoms with Gasteiger partial charge < -0.3 is 4.74 Å². The number of nitrogens with zero attached hydrogens (tertiary/aromatic N) is 1. The number of rotatable bonds is 6. The molecule has 0 unspecified atom stereocenters. The maximum atomic E-state index is 8.69. The summed E-state index contributed by atoms with van der Waals surface area (Å²) in [7, 11) is 0. The first-order valence-corrected chi connectivity index (χ1v) is 4.22. The quantitative estimate of drug-likeness (QED) is 0.450. The zero-order chi connectivity index (χ0) is 9.45. The van der Waals surface area contributed by atoms with E-state index in [9.17, 15) is 0 Å². The van der Waals surface area contributed by atoms with E-state index in [0.717, 1.165) is 19.4 Å². The first kappa shape index (κ1) is 11.2. The molecule has 0 aliphatic carbocycles. The van der Waals surface area contributed by atoms with Gasteiger partial charge in [0.1, 0.15) is 0 Å². The average Bonchev–Trinajstić information content (AvgIpc) is 2.04. The van der Waals surface area contributed by atoms with E-state index in [0.29, 0.717) is 6.61 Å². The van der Waals surface area contributed by atoms with Gasteiger partial charge in [0.25, 0.3) is 0 Å². The lowest BCUT2D eigenvalue weighted by atomic mass is 9.90. The summed E-state index contributed by atoms with van der Waals surface area (Å²) in [6, 6.07) is 2.26. The van der Waals surface area contributed by atoms with E-state index >= 15 is 0 Å². The lowest BCUT2D eigenvalue weighted by Gasteiger charge is -2.13. The van der Waals surface area contributed by atoms with Crippen LogP contribution in [0.25, 0.3) is 0 Å². The number of hydrogen-bond acceptors (Lipinski definition) is 2. The summed E-state index contributed by atoms with van der Waals surface area (Å²) in [5.41, 5.74) is -0.211. The number of nitriles is 1. The minimum atomic E-state index is -0.211. The molecular weight excluding hydrogens is 150 g/mol. The van der Waals surface area contributed by atoms with Crippen LogP contribution < -0.4 is 0 Å². The molecule has 0 heterocycles. The van der Waals surface area contributed by atoms with E-state index in [1.165, 1.54) is 0 Å². The Hall–Kier alpha value is -0.810. The van der Waals surface area contributed by atoms with Crippen LogP contribution in [-0.2, 0) is 4.74 Å². The molecule has 0 aromatic rings. The van der Waals surface area contributed by atoms with Gasteiger partial charge >= 0.3 is 0 Å². The van der Waals surface area contributed by atoms with Gasteiger partial charge in [0.05, 0.1) is 18.1 Å². The first-order valence-electron chi connectivity index (χ1n) is 4.22. The molecule has 0 aromatic heterocycles. The fourth-order valence-corrected chi connectivity index (χ4v) is 0.839. The van der Waals surface area contributed by atoms with Crippen LogP contribution in [0.2, 0.25) is 0 Å². The van der Waals surface area contributed by atoms with E-state index < -0.39 is 0 Å². The molecule has 0 aliphatic heterocycles. The van der Waals surface area contributed by atoms with Crippen molar-refractivity contribution in [2.45, 2.75) is 26.7 Å². The van der Waals surface area contributed by atoms with Crippen LogP contribution in [0.4, 0.5) is 0 Å². The third-order valence-electron chi connectivity index (χ3n) is 1.63. The lowest BCUT2D eigenvalue weighted by molar-refractivity contribution is 0.151. The molecule has 0 bridgehead atoms. The SMILES string of the molecule is C=CCOCCCC(C)(C)C#N. The predicted molar refractivity (Wildman–Crippen MR) is 49.6 cm³/mol. The van der Waals surface area contributed by atoms with Crippen LogP contribution >= 0.6 is 0 Å². The molecule has 68 valence electrons.